The normalized spacial score (nSPS) is 11.0. The van der Waals surface area contributed by atoms with Crippen LogP contribution in [0.4, 0.5) is 5.69 Å². The Labute approximate surface area is 172 Å². The summed E-state index contributed by atoms with van der Waals surface area (Å²) in [5.74, 6) is 0.0469. The summed E-state index contributed by atoms with van der Waals surface area (Å²) in [5.41, 5.74) is 2.84. The topological polar surface area (TPSA) is 64.0 Å². The maximum atomic E-state index is 12.9. The van der Waals surface area contributed by atoms with Crippen LogP contribution in [0.25, 0.3) is 10.2 Å². The van der Waals surface area contributed by atoms with E-state index in [0.717, 1.165) is 27.4 Å². The molecule has 0 radical (unpaired) electrons. The molecule has 7 heteroatoms. The minimum Gasteiger partial charge on any atom is -0.325 e. The number of thiophene rings is 1. The van der Waals surface area contributed by atoms with Crippen LogP contribution in [0.3, 0.4) is 0 Å². The van der Waals surface area contributed by atoms with Crippen LogP contribution in [0, 0.1) is 13.8 Å². The molecule has 0 aliphatic heterocycles. The zero-order valence-electron chi connectivity index (χ0n) is 16.2. The SMILES string of the molecule is C=CCn1c(SCC(=O)Nc2cccc(CC)c2)nc2sc(C)c(C)c2c1=O. The minimum atomic E-state index is -0.128. The maximum Gasteiger partial charge on any atom is 0.263 e. The number of carbonyl (C=O) groups is 1. The van der Waals surface area contributed by atoms with Crippen molar-refractivity contribution in [3.05, 3.63) is 63.3 Å². The van der Waals surface area contributed by atoms with Gasteiger partial charge in [-0.25, -0.2) is 4.98 Å². The number of anilines is 1. The van der Waals surface area contributed by atoms with Crippen molar-refractivity contribution in [1.29, 1.82) is 0 Å². The van der Waals surface area contributed by atoms with Gasteiger partial charge in [-0.2, -0.15) is 0 Å². The Morgan fingerprint density at radius 3 is 2.89 bits per heavy atom. The number of nitrogens with zero attached hydrogens (tertiary/aromatic N) is 2. The monoisotopic (exact) mass is 413 g/mol. The maximum absolute atomic E-state index is 12.9. The zero-order chi connectivity index (χ0) is 20.3. The van der Waals surface area contributed by atoms with Crippen LogP contribution < -0.4 is 10.9 Å². The number of fused-ring (bicyclic) bond motifs is 1. The molecule has 0 aliphatic carbocycles. The zero-order valence-corrected chi connectivity index (χ0v) is 17.9. The van der Waals surface area contributed by atoms with E-state index >= 15 is 0 Å². The third-order valence-electron chi connectivity index (χ3n) is 4.52. The standard InChI is InChI=1S/C21H23N3O2S2/c1-5-10-24-20(26)18-13(3)14(4)28-19(18)23-21(24)27-12-17(25)22-16-9-7-8-15(6-2)11-16/h5,7-9,11H,1,6,10,12H2,2-4H3,(H,22,25). The van der Waals surface area contributed by atoms with Crippen molar-refractivity contribution >= 4 is 44.9 Å². The highest BCUT2D eigenvalue weighted by Crippen LogP contribution is 2.28. The van der Waals surface area contributed by atoms with E-state index in [2.05, 4.69) is 23.8 Å². The first-order valence-electron chi connectivity index (χ1n) is 9.07. The lowest BCUT2D eigenvalue weighted by atomic mass is 10.1. The Bertz CT molecular complexity index is 1100. The van der Waals surface area contributed by atoms with E-state index in [4.69, 9.17) is 0 Å². The van der Waals surface area contributed by atoms with E-state index < -0.39 is 0 Å². The van der Waals surface area contributed by atoms with Gasteiger partial charge < -0.3 is 5.32 Å². The van der Waals surface area contributed by atoms with Gasteiger partial charge in [0, 0.05) is 17.1 Å². The second-order valence-corrected chi connectivity index (χ2v) is 8.60. The Morgan fingerprint density at radius 2 is 2.18 bits per heavy atom. The number of carbonyl (C=O) groups excluding carboxylic acids is 1. The molecule has 0 spiro atoms. The summed E-state index contributed by atoms with van der Waals surface area (Å²) in [6.45, 7) is 10.1. The van der Waals surface area contributed by atoms with Gasteiger partial charge in [-0.1, -0.05) is 36.9 Å². The molecule has 0 bridgehead atoms. The van der Waals surface area contributed by atoms with Gasteiger partial charge in [0.15, 0.2) is 5.16 Å². The quantitative estimate of drug-likeness (QED) is 0.350. The number of hydrogen-bond acceptors (Lipinski definition) is 5. The van der Waals surface area contributed by atoms with Crippen molar-refractivity contribution in [1.82, 2.24) is 9.55 Å². The van der Waals surface area contributed by atoms with E-state index in [1.165, 1.54) is 28.7 Å². The molecule has 28 heavy (non-hydrogen) atoms. The molecular weight excluding hydrogens is 390 g/mol. The Morgan fingerprint density at radius 1 is 1.39 bits per heavy atom. The predicted octanol–water partition coefficient (Wildman–Crippen LogP) is 4.55. The average Bonchev–Trinajstić information content (AvgIpc) is 2.96. The molecule has 3 aromatic rings. The van der Waals surface area contributed by atoms with Crippen LogP contribution in [0.2, 0.25) is 0 Å². The van der Waals surface area contributed by atoms with Gasteiger partial charge in [0.05, 0.1) is 11.1 Å². The molecule has 0 atom stereocenters. The number of thioether (sulfide) groups is 1. The number of benzene rings is 1. The van der Waals surface area contributed by atoms with Crippen molar-refractivity contribution < 1.29 is 4.79 Å². The van der Waals surface area contributed by atoms with Crippen molar-refractivity contribution in [2.24, 2.45) is 0 Å². The van der Waals surface area contributed by atoms with Crippen molar-refractivity contribution in [2.75, 3.05) is 11.1 Å². The van der Waals surface area contributed by atoms with Gasteiger partial charge in [-0.3, -0.25) is 14.2 Å². The third kappa shape index (κ3) is 4.20. The fraction of sp³-hybridized carbons (Fsp3) is 0.286. The van der Waals surface area contributed by atoms with Crippen molar-refractivity contribution in [3.8, 4) is 0 Å². The molecule has 1 aromatic carbocycles. The van der Waals surface area contributed by atoms with Crippen molar-refractivity contribution in [3.63, 3.8) is 0 Å². The average molecular weight is 414 g/mol. The van der Waals surface area contributed by atoms with Crippen LogP contribution in [0.1, 0.15) is 22.9 Å². The molecule has 2 aromatic heterocycles. The molecule has 1 amide bonds. The van der Waals surface area contributed by atoms with Crippen LogP contribution in [0.5, 0.6) is 0 Å². The molecule has 0 unspecified atom stereocenters. The summed E-state index contributed by atoms with van der Waals surface area (Å²) in [7, 11) is 0. The number of aryl methyl sites for hydroxylation is 3. The van der Waals surface area contributed by atoms with Gasteiger partial charge in [0.25, 0.3) is 5.56 Å². The lowest BCUT2D eigenvalue weighted by molar-refractivity contribution is -0.113. The number of aromatic nitrogens is 2. The molecule has 0 saturated heterocycles. The molecule has 0 aliphatic rings. The predicted molar refractivity (Wildman–Crippen MR) is 119 cm³/mol. The molecule has 2 heterocycles. The van der Waals surface area contributed by atoms with Crippen LogP contribution in [-0.4, -0.2) is 21.2 Å². The van der Waals surface area contributed by atoms with E-state index in [-0.39, 0.29) is 17.2 Å². The summed E-state index contributed by atoms with van der Waals surface area (Å²) in [6.07, 6.45) is 2.58. The van der Waals surface area contributed by atoms with Crippen LogP contribution >= 0.6 is 23.1 Å². The lowest BCUT2D eigenvalue weighted by Crippen LogP contribution is -2.23. The lowest BCUT2D eigenvalue weighted by Gasteiger charge is -2.11. The van der Waals surface area contributed by atoms with E-state index in [9.17, 15) is 9.59 Å². The van der Waals surface area contributed by atoms with E-state index in [1.807, 2.05) is 38.1 Å². The number of amides is 1. The minimum absolute atomic E-state index is 0.0784. The summed E-state index contributed by atoms with van der Waals surface area (Å²) in [5, 5.41) is 4.11. The second-order valence-electron chi connectivity index (χ2n) is 6.45. The first-order chi connectivity index (χ1) is 13.4. The first-order valence-corrected chi connectivity index (χ1v) is 10.9. The molecular formula is C21H23N3O2S2. The Balaban J connectivity index is 1.83. The number of hydrogen-bond donors (Lipinski definition) is 1. The Kier molecular flexibility index (Phi) is 6.36. The fourth-order valence-electron chi connectivity index (χ4n) is 2.91. The second kappa shape index (κ2) is 8.75. The number of allylic oxidation sites excluding steroid dienone is 1. The highest BCUT2D eigenvalue weighted by atomic mass is 32.2. The van der Waals surface area contributed by atoms with Crippen molar-refractivity contribution in [2.45, 2.75) is 38.9 Å². The molecule has 146 valence electrons. The van der Waals surface area contributed by atoms with Gasteiger partial charge in [-0.05, 0) is 43.5 Å². The first kappa shape index (κ1) is 20.4. The third-order valence-corrected chi connectivity index (χ3v) is 6.59. The number of nitrogens with one attached hydrogen (secondary N) is 1. The van der Waals surface area contributed by atoms with Gasteiger partial charge in [0.2, 0.25) is 5.91 Å². The summed E-state index contributed by atoms with van der Waals surface area (Å²) < 4.78 is 1.59. The molecule has 0 saturated carbocycles. The molecule has 5 nitrogen and oxygen atoms in total. The largest absolute Gasteiger partial charge is 0.325 e. The van der Waals surface area contributed by atoms with E-state index in [0.29, 0.717) is 17.1 Å². The fourth-order valence-corrected chi connectivity index (χ4v) is 4.78. The Hall–Kier alpha value is -2.38. The summed E-state index contributed by atoms with van der Waals surface area (Å²) in [6, 6.07) is 7.80. The summed E-state index contributed by atoms with van der Waals surface area (Å²) in [4.78, 5) is 31.8. The highest BCUT2D eigenvalue weighted by molar-refractivity contribution is 7.99. The number of rotatable bonds is 7. The highest BCUT2D eigenvalue weighted by Gasteiger charge is 2.17. The smallest absolute Gasteiger partial charge is 0.263 e. The molecule has 0 fully saturated rings. The van der Waals surface area contributed by atoms with E-state index in [1.54, 1.807) is 10.6 Å². The van der Waals surface area contributed by atoms with Gasteiger partial charge >= 0.3 is 0 Å². The molecule has 3 rings (SSSR count). The van der Waals surface area contributed by atoms with Crippen LogP contribution in [0.15, 0.2) is 46.9 Å². The van der Waals surface area contributed by atoms with Gasteiger partial charge in [-0.15, -0.1) is 17.9 Å². The van der Waals surface area contributed by atoms with Gasteiger partial charge in [0.1, 0.15) is 4.83 Å². The summed E-state index contributed by atoms with van der Waals surface area (Å²) >= 11 is 2.78. The molecule has 1 N–H and O–H groups in total. The van der Waals surface area contributed by atoms with Crippen LogP contribution in [-0.2, 0) is 17.8 Å².